The predicted octanol–water partition coefficient (Wildman–Crippen LogP) is 3.40. The molecule has 0 radical (unpaired) electrons. The van der Waals surface area contributed by atoms with Gasteiger partial charge in [-0.05, 0) is 36.8 Å². The standard InChI is InChI=1S/C17H16N2O3S/c1-11-16(20)19(18-13-5-3-2-4-6-13)17(23-11)12-7-8-14-15(9-12)22-10-21-14/h2-9,11,17-18H,10H2,1H3/t11-,17-/m1/s1. The molecule has 0 bridgehead atoms. The number of anilines is 1. The summed E-state index contributed by atoms with van der Waals surface area (Å²) >= 11 is 1.62. The van der Waals surface area contributed by atoms with Gasteiger partial charge in [0.05, 0.1) is 10.9 Å². The Morgan fingerprint density at radius 2 is 1.91 bits per heavy atom. The second-order valence-corrected chi connectivity index (χ2v) is 6.86. The lowest BCUT2D eigenvalue weighted by molar-refractivity contribution is -0.128. The first-order valence-electron chi connectivity index (χ1n) is 7.42. The number of amides is 1. The Hall–Kier alpha value is -2.34. The zero-order chi connectivity index (χ0) is 15.8. The van der Waals surface area contributed by atoms with Crippen molar-refractivity contribution in [3.63, 3.8) is 0 Å². The quantitative estimate of drug-likeness (QED) is 0.936. The summed E-state index contributed by atoms with van der Waals surface area (Å²) < 4.78 is 10.8. The molecule has 1 amide bonds. The van der Waals surface area contributed by atoms with Gasteiger partial charge in [-0.3, -0.25) is 10.2 Å². The van der Waals surface area contributed by atoms with Gasteiger partial charge in [0.25, 0.3) is 5.91 Å². The number of para-hydroxylation sites is 1. The minimum atomic E-state index is -0.104. The highest BCUT2D eigenvalue weighted by atomic mass is 32.2. The molecule has 6 heteroatoms. The van der Waals surface area contributed by atoms with Gasteiger partial charge in [-0.25, -0.2) is 5.01 Å². The van der Waals surface area contributed by atoms with Crippen LogP contribution in [-0.4, -0.2) is 23.0 Å². The molecule has 23 heavy (non-hydrogen) atoms. The van der Waals surface area contributed by atoms with Crippen LogP contribution in [0.5, 0.6) is 11.5 Å². The number of nitrogens with one attached hydrogen (secondary N) is 1. The van der Waals surface area contributed by atoms with Gasteiger partial charge >= 0.3 is 0 Å². The van der Waals surface area contributed by atoms with Crippen LogP contribution in [0.2, 0.25) is 0 Å². The maximum Gasteiger partial charge on any atom is 0.255 e. The molecule has 2 aromatic carbocycles. The molecular weight excluding hydrogens is 312 g/mol. The average Bonchev–Trinajstić information content (AvgIpc) is 3.15. The van der Waals surface area contributed by atoms with Crippen molar-refractivity contribution < 1.29 is 14.3 Å². The number of carbonyl (C=O) groups excluding carboxylic acids is 1. The van der Waals surface area contributed by atoms with E-state index in [2.05, 4.69) is 5.43 Å². The summed E-state index contributed by atoms with van der Waals surface area (Å²) in [6.07, 6.45) is 0. The summed E-state index contributed by atoms with van der Waals surface area (Å²) in [4.78, 5) is 12.5. The summed E-state index contributed by atoms with van der Waals surface area (Å²) in [6, 6.07) is 15.5. The van der Waals surface area contributed by atoms with Crippen LogP contribution in [-0.2, 0) is 4.79 Å². The number of benzene rings is 2. The molecule has 4 rings (SSSR count). The molecule has 0 aliphatic carbocycles. The first-order chi connectivity index (χ1) is 11.2. The molecule has 0 aromatic heterocycles. The Morgan fingerprint density at radius 3 is 2.74 bits per heavy atom. The molecule has 1 N–H and O–H groups in total. The molecule has 2 aliphatic heterocycles. The van der Waals surface area contributed by atoms with E-state index in [-0.39, 0.29) is 23.3 Å². The van der Waals surface area contributed by atoms with Gasteiger partial charge in [0.1, 0.15) is 5.37 Å². The number of ether oxygens (including phenoxy) is 2. The topological polar surface area (TPSA) is 50.8 Å². The van der Waals surface area contributed by atoms with Gasteiger partial charge in [-0.1, -0.05) is 24.3 Å². The second kappa shape index (κ2) is 5.70. The molecule has 2 aromatic rings. The van der Waals surface area contributed by atoms with E-state index in [4.69, 9.17) is 9.47 Å². The van der Waals surface area contributed by atoms with Gasteiger partial charge in [-0.2, -0.15) is 0 Å². The van der Waals surface area contributed by atoms with Crippen molar-refractivity contribution in [3.8, 4) is 11.5 Å². The van der Waals surface area contributed by atoms with Crippen LogP contribution >= 0.6 is 11.8 Å². The molecule has 118 valence electrons. The van der Waals surface area contributed by atoms with E-state index in [1.807, 2.05) is 55.5 Å². The lowest BCUT2D eigenvalue weighted by Crippen LogP contribution is -2.35. The van der Waals surface area contributed by atoms with Crippen molar-refractivity contribution in [1.82, 2.24) is 5.01 Å². The lowest BCUT2D eigenvalue weighted by Gasteiger charge is -2.25. The number of carbonyl (C=O) groups is 1. The van der Waals surface area contributed by atoms with Gasteiger partial charge < -0.3 is 9.47 Å². The van der Waals surface area contributed by atoms with E-state index < -0.39 is 0 Å². The van der Waals surface area contributed by atoms with Crippen LogP contribution in [0.15, 0.2) is 48.5 Å². The number of thioether (sulfide) groups is 1. The van der Waals surface area contributed by atoms with Crippen molar-refractivity contribution in [3.05, 3.63) is 54.1 Å². The second-order valence-electron chi connectivity index (χ2n) is 5.43. The summed E-state index contributed by atoms with van der Waals surface area (Å²) in [7, 11) is 0. The zero-order valence-corrected chi connectivity index (χ0v) is 13.4. The Morgan fingerprint density at radius 1 is 1.13 bits per heavy atom. The third kappa shape index (κ3) is 2.59. The van der Waals surface area contributed by atoms with Crippen molar-refractivity contribution in [2.75, 3.05) is 12.2 Å². The smallest absolute Gasteiger partial charge is 0.255 e. The maximum absolute atomic E-state index is 12.5. The molecule has 1 fully saturated rings. The minimum absolute atomic E-state index is 0.0709. The number of nitrogens with zero attached hydrogens (tertiary/aromatic N) is 1. The maximum atomic E-state index is 12.5. The molecular formula is C17H16N2O3S. The van der Waals surface area contributed by atoms with E-state index >= 15 is 0 Å². The van der Waals surface area contributed by atoms with Crippen molar-refractivity contribution >= 4 is 23.4 Å². The van der Waals surface area contributed by atoms with E-state index in [1.54, 1.807) is 16.8 Å². The van der Waals surface area contributed by atoms with Gasteiger partial charge in [-0.15, -0.1) is 11.8 Å². The molecule has 0 saturated carbocycles. The Bertz CT molecular complexity index is 738. The Balaban J connectivity index is 1.64. The van der Waals surface area contributed by atoms with Crippen molar-refractivity contribution in [2.45, 2.75) is 17.5 Å². The first kappa shape index (κ1) is 14.3. The van der Waals surface area contributed by atoms with Gasteiger partial charge in [0.15, 0.2) is 11.5 Å². The number of hydrogen-bond donors (Lipinski definition) is 1. The normalized spacial score (nSPS) is 22.5. The molecule has 0 unspecified atom stereocenters. The van der Waals surface area contributed by atoms with E-state index in [0.29, 0.717) is 0 Å². The van der Waals surface area contributed by atoms with Crippen LogP contribution in [0.3, 0.4) is 0 Å². The number of hydrogen-bond acceptors (Lipinski definition) is 5. The molecule has 0 spiro atoms. The molecule has 2 heterocycles. The number of hydrazine groups is 1. The van der Waals surface area contributed by atoms with Crippen LogP contribution in [0.4, 0.5) is 5.69 Å². The highest BCUT2D eigenvalue weighted by Gasteiger charge is 2.39. The average molecular weight is 328 g/mol. The number of rotatable bonds is 3. The van der Waals surface area contributed by atoms with Crippen LogP contribution in [0.25, 0.3) is 0 Å². The van der Waals surface area contributed by atoms with Crippen LogP contribution in [0.1, 0.15) is 17.9 Å². The van der Waals surface area contributed by atoms with Gasteiger partial charge in [0.2, 0.25) is 6.79 Å². The first-order valence-corrected chi connectivity index (χ1v) is 8.36. The molecule has 1 saturated heterocycles. The van der Waals surface area contributed by atoms with E-state index in [1.165, 1.54) is 0 Å². The monoisotopic (exact) mass is 328 g/mol. The van der Waals surface area contributed by atoms with Crippen LogP contribution < -0.4 is 14.9 Å². The fourth-order valence-corrected chi connectivity index (χ4v) is 3.88. The Labute approximate surface area is 138 Å². The molecule has 5 nitrogen and oxygen atoms in total. The van der Waals surface area contributed by atoms with E-state index in [0.717, 1.165) is 22.7 Å². The molecule has 2 aliphatic rings. The minimum Gasteiger partial charge on any atom is -0.454 e. The summed E-state index contributed by atoms with van der Waals surface area (Å²) in [5.74, 6) is 1.55. The highest BCUT2D eigenvalue weighted by Crippen LogP contribution is 2.45. The largest absolute Gasteiger partial charge is 0.454 e. The fourth-order valence-electron chi connectivity index (χ4n) is 2.68. The fraction of sp³-hybridized carbons (Fsp3) is 0.235. The number of fused-ring (bicyclic) bond motifs is 1. The summed E-state index contributed by atoms with van der Waals surface area (Å²) in [6.45, 7) is 2.18. The van der Waals surface area contributed by atoms with E-state index in [9.17, 15) is 4.79 Å². The highest BCUT2D eigenvalue weighted by molar-refractivity contribution is 8.01. The molecule has 2 atom stereocenters. The van der Waals surface area contributed by atoms with Crippen molar-refractivity contribution in [2.24, 2.45) is 0 Å². The van der Waals surface area contributed by atoms with Crippen molar-refractivity contribution in [1.29, 1.82) is 0 Å². The predicted molar refractivity (Wildman–Crippen MR) is 89.3 cm³/mol. The third-order valence-corrected chi connectivity index (χ3v) is 5.21. The third-order valence-electron chi connectivity index (χ3n) is 3.86. The SMILES string of the molecule is C[C@H]1S[C@H](c2ccc3c(c2)OCO3)N(Nc2ccccc2)C1=O. The Kier molecular flexibility index (Phi) is 3.53. The summed E-state index contributed by atoms with van der Waals surface area (Å²) in [5, 5.41) is 1.50. The van der Waals surface area contributed by atoms with Gasteiger partial charge in [0, 0.05) is 0 Å². The van der Waals surface area contributed by atoms with Crippen LogP contribution in [0, 0.1) is 0 Å². The lowest BCUT2D eigenvalue weighted by atomic mass is 10.2. The zero-order valence-electron chi connectivity index (χ0n) is 12.6. The summed E-state index contributed by atoms with van der Waals surface area (Å²) in [5.41, 5.74) is 5.13.